The Balaban J connectivity index is 1.66. The maximum Gasteiger partial charge on any atom is 0.242 e. The summed E-state index contributed by atoms with van der Waals surface area (Å²) in [6.45, 7) is 4.24. The van der Waals surface area contributed by atoms with Crippen LogP contribution in [0.4, 0.5) is 11.4 Å². The summed E-state index contributed by atoms with van der Waals surface area (Å²) >= 11 is 1.30. The summed E-state index contributed by atoms with van der Waals surface area (Å²) in [6, 6.07) is 15.1. The molecular formula is C22H25N3O3S. The van der Waals surface area contributed by atoms with Crippen molar-refractivity contribution in [3.63, 3.8) is 0 Å². The second kappa shape index (κ2) is 9.13. The van der Waals surface area contributed by atoms with Gasteiger partial charge in [0.25, 0.3) is 0 Å². The summed E-state index contributed by atoms with van der Waals surface area (Å²) in [5.41, 5.74) is 2.59. The van der Waals surface area contributed by atoms with Crippen LogP contribution in [0.3, 0.4) is 0 Å². The fourth-order valence-electron chi connectivity index (χ4n) is 2.95. The SMILES string of the molecule is COc1ccccc1N=C1SC(CC(=O)Nc2ccc(C(C)C)cc2)C(=O)N1C. The van der Waals surface area contributed by atoms with Gasteiger partial charge in [0, 0.05) is 19.2 Å². The summed E-state index contributed by atoms with van der Waals surface area (Å²) in [5.74, 6) is 0.741. The Morgan fingerprint density at radius 2 is 1.90 bits per heavy atom. The molecule has 6 nitrogen and oxygen atoms in total. The number of hydrogen-bond donors (Lipinski definition) is 1. The van der Waals surface area contributed by atoms with E-state index in [0.29, 0.717) is 22.5 Å². The van der Waals surface area contributed by atoms with Gasteiger partial charge in [0.15, 0.2) is 5.17 Å². The number of nitrogens with zero attached hydrogens (tertiary/aromatic N) is 2. The van der Waals surface area contributed by atoms with Gasteiger partial charge >= 0.3 is 0 Å². The zero-order valence-electron chi connectivity index (χ0n) is 17.0. The molecule has 0 radical (unpaired) electrons. The Hall–Kier alpha value is -2.80. The molecule has 1 unspecified atom stereocenters. The average molecular weight is 412 g/mol. The molecule has 1 N–H and O–H groups in total. The molecule has 152 valence electrons. The Bertz CT molecular complexity index is 925. The van der Waals surface area contributed by atoms with Crippen molar-refractivity contribution < 1.29 is 14.3 Å². The normalized spacial score (nSPS) is 17.8. The van der Waals surface area contributed by atoms with Crippen LogP contribution >= 0.6 is 11.8 Å². The topological polar surface area (TPSA) is 71.0 Å². The molecule has 29 heavy (non-hydrogen) atoms. The van der Waals surface area contributed by atoms with Gasteiger partial charge in [-0.25, -0.2) is 4.99 Å². The van der Waals surface area contributed by atoms with E-state index in [-0.39, 0.29) is 18.2 Å². The van der Waals surface area contributed by atoms with Gasteiger partial charge in [0.1, 0.15) is 16.7 Å². The molecule has 0 aliphatic carbocycles. The Morgan fingerprint density at radius 1 is 1.21 bits per heavy atom. The highest BCUT2D eigenvalue weighted by atomic mass is 32.2. The van der Waals surface area contributed by atoms with Crippen LogP contribution in [0.2, 0.25) is 0 Å². The van der Waals surface area contributed by atoms with Crippen LogP contribution in [0, 0.1) is 0 Å². The Kier molecular flexibility index (Phi) is 6.59. The Labute approximate surface area is 175 Å². The van der Waals surface area contributed by atoms with Gasteiger partial charge in [-0.15, -0.1) is 0 Å². The van der Waals surface area contributed by atoms with Crippen LogP contribution in [-0.2, 0) is 9.59 Å². The molecule has 1 aliphatic heterocycles. The number of carbonyl (C=O) groups is 2. The number of methoxy groups -OCH3 is 1. The van der Waals surface area contributed by atoms with Crippen molar-refractivity contribution >= 4 is 40.1 Å². The van der Waals surface area contributed by atoms with Crippen molar-refractivity contribution in [1.82, 2.24) is 4.90 Å². The number of amides is 2. The van der Waals surface area contributed by atoms with Gasteiger partial charge in [-0.05, 0) is 35.7 Å². The number of amidine groups is 1. The second-order valence-electron chi connectivity index (χ2n) is 7.10. The fraction of sp³-hybridized carbons (Fsp3) is 0.318. The van der Waals surface area contributed by atoms with E-state index < -0.39 is 5.25 Å². The number of benzene rings is 2. The quantitative estimate of drug-likeness (QED) is 0.764. The maximum atomic E-state index is 12.6. The van der Waals surface area contributed by atoms with Crippen LogP contribution in [0.1, 0.15) is 31.7 Å². The lowest BCUT2D eigenvalue weighted by molar-refractivity contribution is -0.127. The predicted octanol–water partition coefficient (Wildman–Crippen LogP) is 4.41. The predicted molar refractivity (Wildman–Crippen MR) is 118 cm³/mol. The number of rotatable bonds is 6. The first-order valence-electron chi connectivity index (χ1n) is 9.44. The van der Waals surface area contributed by atoms with E-state index in [2.05, 4.69) is 24.2 Å². The van der Waals surface area contributed by atoms with Gasteiger partial charge in [0.05, 0.1) is 7.11 Å². The molecule has 0 spiro atoms. The van der Waals surface area contributed by atoms with Gasteiger partial charge in [-0.2, -0.15) is 0 Å². The minimum Gasteiger partial charge on any atom is -0.494 e. The van der Waals surface area contributed by atoms with Crippen LogP contribution in [0.25, 0.3) is 0 Å². The molecule has 3 rings (SSSR count). The molecule has 1 atom stereocenters. The van der Waals surface area contributed by atoms with Crippen molar-refractivity contribution in [2.75, 3.05) is 19.5 Å². The molecule has 2 amide bonds. The first kappa shape index (κ1) is 20.9. The van der Waals surface area contributed by atoms with Crippen LogP contribution < -0.4 is 10.1 Å². The molecule has 1 aliphatic rings. The Morgan fingerprint density at radius 3 is 2.55 bits per heavy atom. The number of thioether (sulfide) groups is 1. The number of hydrogen-bond acceptors (Lipinski definition) is 5. The van der Waals surface area contributed by atoms with Crippen LogP contribution in [-0.4, -0.2) is 41.3 Å². The van der Waals surface area contributed by atoms with E-state index in [1.54, 1.807) is 14.2 Å². The zero-order valence-corrected chi connectivity index (χ0v) is 17.8. The molecule has 1 heterocycles. The lowest BCUT2D eigenvalue weighted by Gasteiger charge is -2.10. The standard InChI is InChI=1S/C22H25N3O3S/c1-14(2)15-9-11-16(12-10-15)23-20(26)13-19-21(27)25(3)22(29-19)24-17-7-5-6-8-18(17)28-4/h5-12,14,19H,13H2,1-4H3,(H,23,26). The van der Waals surface area contributed by atoms with E-state index in [1.165, 1.54) is 22.2 Å². The first-order chi connectivity index (χ1) is 13.9. The van der Waals surface area contributed by atoms with E-state index in [0.717, 1.165) is 5.69 Å². The first-order valence-corrected chi connectivity index (χ1v) is 10.3. The number of nitrogens with one attached hydrogen (secondary N) is 1. The molecule has 0 saturated carbocycles. The smallest absolute Gasteiger partial charge is 0.242 e. The molecule has 0 bridgehead atoms. The molecule has 1 saturated heterocycles. The van der Waals surface area contributed by atoms with E-state index in [4.69, 9.17) is 4.74 Å². The van der Waals surface area contributed by atoms with E-state index in [1.807, 2.05) is 48.5 Å². The van der Waals surface area contributed by atoms with Gasteiger partial charge < -0.3 is 10.1 Å². The van der Waals surface area contributed by atoms with Gasteiger partial charge in [0.2, 0.25) is 11.8 Å². The van der Waals surface area contributed by atoms with Crippen molar-refractivity contribution in [3.05, 3.63) is 54.1 Å². The number of aliphatic imine (C=N–C) groups is 1. The van der Waals surface area contributed by atoms with Gasteiger partial charge in [-0.3, -0.25) is 14.5 Å². The fourth-order valence-corrected chi connectivity index (χ4v) is 4.10. The lowest BCUT2D eigenvalue weighted by atomic mass is 10.0. The van der Waals surface area contributed by atoms with Crippen LogP contribution in [0.15, 0.2) is 53.5 Å². The number of anilines is 1. The summed E-state index contributed by atoms with van der Waals surface area (Å²) in [4.78, 5) is 31.1. The lowest BCUT2D eigenvalue weighted by Crippen LogP contribution is -2.30. The molecule has 2 aromatic carbocycles. The highest BCUT2D eigenvalue weighted by Gasteiger charge is 2.37. The summed E-state index contributed by atoms with van der Waals surface area (Å²) < 4.78 is 5.31. The van der Waals surface area contributed by atoms with Crippen molar-refractivity contribution in [2.45, 2.75) is 31.4 Å². The maximum absolute atomic E-state index is 12.6. The zero-order chi connectivity index (χ0) is 21.0. The molecule has 0 aromatic heterocycles. The molecule has 2 aromatic rings. The number of ether oxygens (including phenoxy) is 1. The average Bonchev–Trinajstić information content (AvgIpc) is 2.96. The minimum atomic E-state index is -0.497. The minimum absolute atomic E-state index is 0.0880. The van der Waals surface area contributed by atoms with Crippen LogP contribution in [0.5, 0.6) is 5.75 Å². The van der Waals surface area contributed by atoms with Crippen molar-refractivity contribution in [1.29, 1.82) is 0 Å². The monoisotopic (exact) mass is 411 g/mol. The highest BCUT2D eigenvalue weighted by molar-refractivity contribution is 8.15. The highest BCUT2D eigenvalue weighted by Crippen LogP contribution is 2.34. The van der Waals surface area contributed by atoms with E-state index >= 15 is 0 Å². The summed E-state index contributed by atoms with van der Waals surface area (Å²) in [6.07, 6.45) is 0.0880. The largest absolute Gasteiger partial charge is 0.494 e. The van der Waals surface area contributed by atoms with Crippen molar-refractivity contribution in [3.8, 4) is 5.75 Å². The number of para-hydroxylation sites is 2. The summed E-state index contributed by atoms with van der Waals surface area (Å²) in [5, 5.41) is 2.93. The molecule has 1 fully saturated rings. The van der Waals surface area contributed by atoms with Gasteiger partial charge in [-0.1, -0.05) is 49.9 Å². The summed E-state index contributed by atoms with van der Waals surface area (Å²) in [7, 11) is 3.25. The second-order valence-corrected chi connectivity index (χ2v) is 8.27. The molecule has 7 heteroatoms. The van der Waals surface area contributed by atoms with E-state index in [9.17, 15) is 9.59 Å². The molecular weight excluding hydrogens is 386 g/mol. The third-order valence-corrected chi connectivity index (χ3v) is 5.90. The number of carbonyl (C=O) groups excluding carboxylic acids is 2. The van der Waals surface area contributed by atoms with Crippen molar-refractivity contribution in [2.24, 2.45) is 4.99 Å². The third-order valence-electron chi connectivity index (χ3n) is 4.67. The third kappa shape index (κ3) is 4.98.